The maximum atomic E-state index is 12.1. The smallest absolute Gasteiger partial charge is 0.292 e. The van der Waals surface area contributed by atoms with E-state index in [2.05, 4.69) is 0 Å². The molecule has 0 aliphatic rings. The Morgan fingerprint density at radius 2 is 2.00 bits per heavy atom. The van der Waals surface area contributed by atoms with Gasteiger partial charge in [0.2, 0.25) is 0 Å². The Morgan fingerprint density at radius 3 is 2.23 bits per heavy atom. The van der Waals surface area contributed by atoms with E-state index in [1.807, 2.05) is 5.10 Å². The van der Waals surface area contributed by atoms with Crippen LogP contribution in [0.4, 0.5) is 13.2 Å². The van der Waals surface area contributed by atoms with Crippen LogP contribution >= 0.6 is 0 Å². The van der Waals surface area contributed by atoms with E-state index < -0.39 is 11.9 Å². The SMILES string of the molecule is CCc1c(C)[nH]n(C(F)(F)F)c1=O. The average molecular weight is 194 g/mol. The van der Waals surface area contributed by atoms with Gasteiger partial charge in [0.25, 0.3) is 5.56 Å². The molecule has 0 radical (unpaired) electrons. The maximum absolute atomic E-state index is 12.1. The molecule has 0 fully saturated rings. The van der Waals surface area contributed by atoms with E-state index in [0.29, 0.717) is 6.42 Å². The number of H-pyrrole nitrogens is 1. The Kier molecular flexibility index (Phi) is 2.23. The van der Waals surface area contributed by atoms with Gasteiger partial charge in [0.05, 0.1) is 0 Å². The first-order valence-electron chi connectivity index (χ1n) is 3.75. The van der Waals surface area contributed by atoms with Crippen molar-refractivity contribution in [2.75, 3.05) is 0 Å². The number of nitrogens with one attached hydrogen (secondary N) is 1. The number of aryl methyl sites for hydroxylation is 1. The summed E-state index contributed by atoms with van der Waals surface area (Å²) in [6.45, 7) is 3.08. The van der Waals surface area contributed by atoms with Gasteiger partial charge < -0.3 is 0 Å². The van der Waals surface area contributed by atoms with Crippen molar-refractivity contribution >= 4 is 0 Å². The van der Waals surface area contributed by atoms with Crippen LogP contribution in [0, 0.1) is 6.92 Å². The molecule has 0 spiro atoms. The zero-order chi connectivity index (χ0) is 10.2. The van der Waals surface area contributed by atoms with Gasteiger partial charge in [-0.25, -0.2) is 0 Å². The highest BCUT2D eigenvalue weighted by atomic mass is 19.4. The average Bonchev–Trinajstić information content (AvgIpc) is 2.25. The van der Waals surface area contributed by atoms with Crippen LogP contribution in [0.2, 0.25) is 0 Å². The molecule has 1 rings (SSSR count). The summed E-state index contributed by atoms with van der Waals surface area (Å²) in [7, 11) is 0. The summed E-state index contributed by atoms with van der Waals surface area (Å²) in [4.78, 5) is 11.1. The van der Waals surface area contributed by atoms with Crippen molar-refractivity contribution in [3.05, 3.63) is 21.6 Å². The quantitative estimate of drug-likeness (QED) is 0.723. The van der Waals surface area contributed by atoms with Crippen LogP contribution in [0.1, 0.15) is 18.2 Å². The Balaban J connectivity index is 3.36. The third-order valence-corrected chi connectivity index (χ3v) is 1.80. The van der Waals surface area contributed by atoms with Gasteiger partial charge in [-0.15, -0.1) is 13.2 Å². The molecule has 74 valence electrons. The number of halogens is 3. The van der Waals surface area contributed by atoms with Gasteiger partial charge in [-0.1, -0.05) is 6.92 Å². The van der Waals surface area contributed by atoms with E-state index in [9.17, 15) is 18.0 Å². The molecule has 13 heavy (non-hydrogen) atoms. The number of hydrogen-bond acceptors (Lipinski definition) is 1. The predicted octanol–water partition coefficient (Wildman–Crippen LogP) is 1.52. The molecule has 0 aliphatic carbocycles. The predicted molar refractivity (Wildman–Crippen MR) is 40.5 cm³/mol. The van der Waals surface area contributed by atoms with Gasteiger partial charge >= 0.3 is 6.30 Å². The minimum absolute atomic E-state index is 0.178. The summed E-state index contributed by atoms with van der Waals surface area (Å²) in [5, 5.41) is 1.98. The minimum atomic E-state index is -4.66. The number of rotatable bonds is 1. The molecule has 0 aromatic carbocycles. The molecule has 0 saturated carbocycles. The third-order valence-electron chi connectivity index (χ3n) is 1.80. The molecule has 0 aliphatic heterocycles. The van der Waals surface area contributed by atoms with Gasteiger partial charge in [-0.2, -0.15) is 4.68 Å². The summed E-state index contributed by atoms with van der Waals surface area (Å²) < 4.78 is 36.0. The van der Waals surface area contributed by atoms with Crippen LogP contribution in [-0.2, 0) is 12.7 Å². The second kappa shape index (κ2) is 2.93. The first kappa shape index (κ1) is 9.88. The molecule has 1 aromatic rings. The van der Waals surface area contributed by atoms with E-state index >= 15 is 0 Å². The molecule has 1 aromatic heterocycles. The molecule has 1 heterocycles. The van der Waals surface area contributed by atoms with E-state index in [0.717, 1.165) is 0 Å². The van der Waals surface area contributed by atoms with Crippen LogP contribution < -0.4 is 5.56 Å². The zero-order valence-electron chi connectivity index (χ0n) is 7.20. The molecule has 0 unspecified atom stereocenters. The Morgan fingerprint density at radius 1 is 1.46 bits per heavy atom. The van der Waals surface area contributed by atoms with Crippen molar-refractivity contribution in [1.82, 2.24) is 9.78 Å². The number of aromatic nitrogens is 2. The van der Waals surface area contributed by atoms with Crippen LogP contribution in [0.3, 0.4) is 0 Å². The fourth-order valence-electron chi connectivity index (χ4n) is 1.18. The van der Waals surface area contributed by atoms with Crippen molar-refractivity contribution in [3.63, 3.8) is 0 Å². The standard InChI is InChI=1S/C7H9F3N2O/c1-3-5-4(2)11-12(6(5)13)7(8,9)10/h11H,3H2,1-2H3. The van der Waals surface area contributed by atoms with Crippen molar-refractivity contribution in [3.8, 4) is 0 Å². The topological polar surface area (TPSA) is 37.8 Å². The summed E-state index contributed by atoms with van der Waals surface area (Å²) in [6.07, 6.45) is -4.36. The fraction of sp³-hybridized carbons (Fsp3) is 0.571. The first-order chi connectivity index (χ1) is 5.88. The zero-order valence-corrected chi connectivity index (χ0v) is 7.20. The molecule has 1 N–H and O–H groups in total. The molecule has 0 bridgehead atoms. The van der Waals surface area contributed by atoms with Crippen LogP contribution in [0.25, 0.3) is 0 Å². The molecule has 3 nitrogen and oxygen atoms in total. The summed E-state index contributed by atoms with van der Waals surface area (Å²) >= 11 is 0. The van der Waals surface area contributed by atoms with Gasteiger partial charge in [0.1, 0.15) is 0 Å². The Bertz CT molecular complexity index is 361. The number of hydrogen-bond donors (Lipinski definition) is 1. The van der Waals surface area contributed by atoms with Crippen LogP contribution in [0.15, 0.2) is 4.79 Å². The molecule has 0 saturated heterocycles. The van der Waals surface area contributed by atoms with Crippen molar-refractivity contribution < 1.29 is 13.2 Å². The lowest BCUT2D eigenvalue weighted by Gasteiger charge is -2.04. The lowest BCUT2D eigenvalue weighted by molar-refractivity contribution is -0.214. The van der Waals surface area contributed by atoms with E-state index in [4.69, 9.17) is 0 Å². The number of nitrogens with zero attached hydrogens (tertiary/aromatic N) is 1. The van der Waals surface area contributed by atoms with Crippen molar-refractivity contribution in [2.24, 2.45) is 0 Å². The molecule has 0 atom stereocenters. The first-order valence-corrected chi connectivity index (χ1v) is 3.75. The second-order valence-corrected chi connectivity index (χ2v) is 2.68. The van der Waals surface area contributed by atoms with Gasteiger partial charge in [0, 0.05) is 11.3 Å². The normalized spacial score (nSPS) is 12.1. The molecule has 6 heteroatoms. The monoisotopic (exact) mass is 194 g/mol. The van der Waals surface area contributed by atoms with Crippen molar-refractivity contribution in [1.29, 1.82) is 0 Å². The Hall–Kier alpha value is -1.20. The largest absolute Gasteiger partial charge is 0.505 e. The summed E-state index contributed by atoms with van der Waals surface area (Å²) in [6, 6.07) is 0. The van der Waals surface area contributed by atoms with Crippen molar-refractivity contribution in [2.45, 2.75) is 26.6 Å². The highest BCUT2D eigenvalue weighted by Crippen LogP contribution is 2.19. The lowest BCUT2D eigenvalue weighted by Crippen LogP contribution is -2.30. The molecule has 0 amide bonds. The highest BCUT2D eigenvalue weighted by Gasteiger charge is 2.34. The van der Waals surface area contributed by atoms with E-state index in [1.54, 1.807) is 6.92 Å². The Labute approximate surface area is 72.2 Å². The van der Waals surface area contributed by atoms with E-state index in [1.165, 1.54) is 6.92 Å². The van der Waals surface area contributed by atoms with Crippen LogP contribution in [0.5, 0.6) is 0 Å². The van der Waals surface area contributed by atoms with Crippen LogP contribution in [-0.4, -0.2) is 9.78 Å². The van der Waals surface area contributed by atoms with Gasteiger partial charge in [-0.05, 0) is 13.3 Å². The lowest BCUT2D eigenvalue weighted by atomic mass is 10.2. The molecular weight excluding hydrogens is 185 g/mol. The number of alkyl halides is 3. The van der Waals surface area contributed by atoms with Gasteiger partial charge in [0.15, 0.2) is 0 Å². The second-order valence-electron chi connectivity index (χ2n) is 2.68. The van der Waals surface area contributed by atoms with E-state index in [-0.39, 0.29) is 15.9 Å². The highest BCUT2D eigenvalue weighted by molar-refractivity contribution is 5.15. The third kappa shape index (κ3) is 1.61. The summed E-state index contributed by atoms with van der Waals surface area (Å²) in [5.74, 6) is 0. The van der Waals surface area contributed by atoms with Gasteiger partial charge in [-0.3, -0.25) is 9.89 Å². The fourth-order valence-corrected chi connectivity index (χ4v) is 1.18. The minimum Gasteiger partial charge on any atom is -0.292 e. The summed E-state index contributed by atoms with van der Waals surface area (Å²) in [5.41, 5.74) is -0.561. The molecular formula is C7H9F3N2O. The maximum Gasteiger partial charge on any atom is 0.505 e. The number of aromatic amines is 1.